The Labute approximate surface area is 152 Å². The number of carbonyl (C=O) groups excluding carboxylic acids is 1. The fourth-order valence-electron chi connectivity index (χ4n) is 3.87. The number of carbonyl (C=O) groups is 1. The van der Waals surface area contributed by atoms with Gasteiger partial charge in [0, 0.05) is 11.5 Å². The zero-order chi connectivity index (χ0) is 19.2. The maximum Gasteiger partial charge on any atom is 0.187 e. The third-order valence-corrected chi connectivity index (χ3v) is 5.48. The highest BCUT2D eigenvalue weighted by Crippen LogP contribution is 2.33. The summed E-state index contributed by atoms with van der Waals surface area (Å²) in [5.41, 5.74) is 4.47. The average molecular weight is 366 g/mol. The summed E-state index contributed by atoms with van der Waals surface area (Å²) in [7, 11) is 0. The van der Waals surface area contributed by atoms with Gasteiger partial charge in [0.15, 0.2) is 12.1 Å². The minimum Gasteiger partial charge on any atom is -0.394 e. The predicted octanol–water partition coefficient (Wildman–Crippen LogP) is -0.00516. The Balaban J connectivity index is 1.79. The van der Waals surface area contributed by atoms with Crippen LogP contribution < -0.4 is 0 Å². The van der Waals surface area contributed by atoms with Crippen LogP contribution in [0.15, 0.2) is 6.07 Å². The molecule has 1 aromatic carbocycles. The molecule has 1 aliphatic heterocycles. The van der Waals surface area contributed by atoms with E-state index < -0.39 is 37.3 Å². The third-order valence-electron chi connectivity index (χ3n) is 5.48. The van der Waals surface area contributed by atoms with E-state index in [1.54, 1.807) is 0 Å². The summed E-state index contributed by atoms with van der Waals surface area (Å²) in [6.07, 6.45) is -5.79. The minimum atomic E-state index is -1.48. The second-order valence-electron chi connectivity index (χ2n) is 7.31. The van der Waals surface area contributed by atoms with Gasteiger partial charge in [0.05, 0.1) is 13.2 Å². The molecule has 1 heterocycles. The van der Waals surface area contributed by atoms with E-state index in [1.807, 2.05) is 26.8 Å². The van der Waals surface area contributed by atoms with E-state index in [1.165, 1.54) is 0 Å². The van der Waals surface area contributed by atoms with E-state index in [0.717, 1.165) is 34.2 Å². The Bertz CT molecular complexity index is 700. The van der Waals surface area contributed by atoms with Crippen molar-refractivity contribution in [3.05, 3.63) is 33.9 Å². The molecule has 1 aromatic rings. The van der Waals surface area contributed by atoms with Crippen molar-refractivity contribution in [1.82, 2.24) is 0 Å². The SMILES string of the molecule is Cc1cc2c(c(C)c1CO[C@@H]1O[C@H](CO)[C@@H](O)[C@H](O)[C@H]1O)C(=O)[C@H](C)C2. The zero-order valence-electron chi connectivity index (χ0n) is 15.2. The van der Waals surface area contributed by atoms with Gasteiger partial charge in [-0.25, -0.2) is 0 Å². The van der Waals surface area contributed by atoms with Gasteiger partial charge in [0.25, 0.3) is 0 Å². The molecule has 0 bridgehead atoms. The minimum absolute atomic E-state index is 0.0234. The number of aliphatic hydroxyl groups is 4. The highest BCUT2D eigenvalue weighted by Gasteiger charge is 2.44. The van der Waals surface area contributed by atoms with Crippen LogP contribution in [0.1, 0.15) is 39.5 Å². The number of Topliss-reactive ketones (excluding diaryl/α,β-unsaturated/α-hetero) is 1. The lowest BCUT2D eigenvalue weighted by atomic mass is 9.94. The average Bonchev–Trinajstić information content (AvgIpc) is 2.88. The van der Waals surface area contributed by atoms with Crippen LogP contribution in [0.2, 0.25) is 0 Å². The fourth-order valence-corrected chi connectivity index (χ4v) is 3.87. The third kappa shape index (κ3) is 3.19. The van der Waals surface area contributed by atoms with Crippen LogP contribution in [0.5, 0.6) is 0 Å². The molecule has 7 heteroatoms. The van der Waals surface area contributed by atoms with E-state index in [0.29, 0.717) is 0 Å². The van der Waals surface area contributed by atoms with Crippen molar-refractivity contribution in [1.29, 1.82) is 0 Å². The molecule has 4 N–H and O–H groups in total. The van der Waals surface area contributed by atoms with Crippen LogP contribution in [0, 0.1) is 19.8 Å². The van der Waals surface area contributed by atoms with Gasteiger partial charge >= 0.3 is 0 Å². The molecule has 1 saturated heterocycles. The lowest BCUT2D eigenvalue weighted by Gasteiger charge is -2.39. The highest BCUT2D eigenvalue weighted by atomic mass is 16.7. The molecular weight excluding hydrogens is 340 g/mol. The van der Waals surface area contributed by atoms with Gasteiger partial charge in [-0.05, 0) is 42.5 Å². The van der Waals surface area contributed by atoms with Crippen LogP contribution in [0.4, 0.5) is 0 Å². The molecule has 0 aromatic heterocycles. The molecule has 1 fully saturated rings. The summed E-state index contributed by atoms with van der Waals surface area (Å²) in [5, 5.41) is 39.0. The standard InChI is InChI=1S/C19H26O7/c1-8-4-11-5-9(2)15(21)14(11)10(3)12(8)7-25-19-18(24)17(23)16(22)13(6-20)26-19/h4,9,13,16-20,22-24H,5-7H2,1-3H3/t9-,13-,16-,17+,18-,19-/m1/s1. The number of aliphatic hydroxyl groups excluding tert-OH is 4. The molecule has 144 valence electrons. The van der Waals surface area contributed by atoms with Crippen molar-refractivity contribution < 1.29 is 34.7 Å². The van der Waals surface area contributed by atoms with Gasteiger partial charge in [0.1, 0.15) is 24.4 Å². The Hall–Kier alpha value is -1.35. The number of aryl methyl sites for hydroxylation is 1. The number of hydrogen-bond acceptors (Lipinski definition) is 7. The Morgan fingerprint density at radius 3 is 2.54 bits per heavy atom. The quantitative estimate of drug-likeness (QED) is 0.592. The largest absolute Gasteiger partial charge is 0.394 e. The first kappa shape index (κ1) is 19.4. The van der Waals surface area contributed by atoms with Crippen LogP contribution in [0.3, 0.4) is 0 Å². The molecule has 0 saturated carbocycles. The van der Waals surface area contributed by atoms with Gasteiger partial charge in [-0.1, -0.05) is 13.0 Å². The topological polar surface area (TPSA) is 116 Å². The molecule has 0 amide bonds. The van der Waals surface area contributed by atoms with Gasteiger partial charge in [-0.15, -0.1) is 0 Å². The van der Waals surface area contributed by atoms with E-state index in [-0.39, 0.29) is 18.3 Å². The molecule has 0 spiro atoms. The normalized spacial score (nSPS) is 34.2. The molecule has 6 atom stereocenters. The number of fused-ring (bicyclic) bond motifs is 1. The zero-order valence-corrected chi connectivity index (χ0v) is 15.2. The molecular formula is C19H26O7. The summed E-state index contributed by atoms with van der Waals surface area (Å²) in [4.78, 5) is 12.4. The first-order valence-corrected chi connectivity index (χ1v) is 8.84. The molecule has 0 unspecified atom stereocenters. The number of benzene rings is 1. The van der Waals surface area contributed by atoms with Crippen molar-refractivity contribution in [2.75, 3.05) is 6.61 Å². The van der Waals surface area contributed by atoms with Crippen LogP contribution in [-0.4, -0.2) is 63.5 Å². The summed E-state index contributed by atoms with van der Waals surface area (Å²) in [5.74, 6) is 0.108. The number of ketones is 1. The second-order valence-corrected chi connectivity index (χ2v) is 7.31. The number of rotatable bonds is 4. The predicted molar refractivity (Wildman–Crippen MR) is 91.7 cm³/mol. The first-order valence-electron chi connectivity index (χ1n) is 8.84. The van der Waals surface area contributed by atoms with Crippen molar-refractivity contribution >= 4 is 5.78 Å². The fraction of sp³-hybridized carbons (Fsp3) is 0.632. The molecule has 3 rings (SSSR count). The first-order chi connectivity index (χ1) is 12.3. The summed E-state index contributed by atoms with van der Waals surface area (Å²) in [6.45, 7) is 5.31. The Kier molecular flexibility index (Phi) is 5.48. The summed E-state index contributed by atoms with van der Waals surface area (Å²) < 4.78 is 11.0. The van der Waals surface area contributed by atoms with Crippen LogP contribution >= 0.6 is 0 Å². The van der Waals surface area contributed by atoms with Crippen molar-refractivity contribution in [3.63, 3.8) is 0 Å². The Morgan fingerprint density at radius 2 is 1.88 bits per heavy atom. The maximum atomic E-state index is 12.4. The second kappa shape index (κ2) is 7.34. The van der Waals surface area contributed by atoms with Gasteiger partial charge in [0.2, 0.25) is 0 Å². The van der Waals surface area contributed by atoms with Gasteiger partial charge in [-0.2, -0.15) is 0 Å². The van der Waals surface area contributed by atoms with E-state index in [9.17, 15) is 25.2 Å². The molecule has 7 nitrogen and oxygen atoms in total. The lowest BCUT2D eigenvalue weighted by molar-refractivity contribution is -0.304. The smallest absolute Gasteiger partial charge is 0.187 e. The van der Waals surface area contributed by atoms with Crippen molar-refractivity contribution in [2.24, 2.45) is 5.92 Å². The van der Waals surface area contributed by atoms with Crippen molar-refractivity contribution in [2.45, 2.75) is 64.5 Å². The molecule has 26 heavy (non-hydrogen) atoms. The molecule has 0 radical (unpaired) electrons. The maximum absolute atomic E-state index is 12.4. The lowest BCUT2D eigenvalue weighted by Crippen LogP contribution is -2.59. The molecule has 1 aliphatic carbocycles. The van der Waals surface area contributed by atoms with Gasteiger partial charge in [-0.3, -0.25) is 4.79 Å². The number of ether oxygens (including phenoxy) is 2. The van der Waals surface area contributed by atoms with E-state index in [2.05, 4.69) is 0 Å². The van der Waals surface area contributed by atoms with Gasteiger partial charge < -0.3 is 29.9 Å². The Morgan fingerprint density at radius 1 is 1.19 bits per heavy atom. The van der Waals surface area contributed by atoms with E-state index >= 15 is 0 Å². The summed E-state index contributed by atoms with van der Waals surface area (Å²) >= 11 is 0. The monoisotopic (exact) mass is 366 g/mol. The summed E-state index contributed by atoms with van der Waals surface area (Å²) in [6, 6.07) is 2.00. The van der Waals surface area contributed by atoms with Crippen molar-refractivity contribution in [3.8, 4) is 0 Å². The van der Waals surface area contributed by atoms with E-state index in [4.69, 9.17) is 9.47 Å². The molecule has 2 aliphatic rings. The van der Waals surface area contributed by atoms with Crippen LogP contribution in [0.25, 0.3) is 0 Å². The number of hydrogen-bond donors (Lipinski definition) is 4. The highest BCUT2D eigenvalue weighted by molar-refractivity contribution is 6.03. The van der Waals surface area contributed by atoms with Crippen LogP contribution in [-0.2, 0) is 22.5 Å².